The summed E-state index contributed by atoms with van der Waals surface area (Å²) in [5.74, 6) is -3.05. The number of carboxylic acid groups (broad SMARTS) is 1. The van der Waals surface area contributed by atoms with E-state index < -0.39 is 28.1 Å². The third-order valence-corrected chi connectivity index (χ3v) is 2.35. The van der Waals surface area contributed by atoms with Gasteiger partial charge in [-0.15, -0.1) is 0 Å². The summed E-state index contributed by atoms with van der Waals surface area (Å²) in [4.78, 5) is 20.3. The lowest BCUT2D eigenvalue weighted by atomic mass is 10.1. The van der Waals surface area contributed by atoms with Gasteiger partial charge in [0, 0.05) is 12.1 Å². The highest BCUT2D eigenvalue weighted by molar-refractivity contribution is 5.87. The minimum atomic E-state index is -1.28. The van der Waals surface area contributed by atoms with E-state index >= 15 is 0 Å². The fourth-order valence-electron chi connectivity index (χ4n) is 1.47. The summed E-state index contributed by atoms with van der Waals surface area (Å²) in [6.07, 6.45) is 0. The molecule has 1 aromatic carbocycles. The largest absolute Gasteiger partial charge is 0.507 e. The van der Waals surface area contributed by atoms with Crippen molar-refractivity contribution in [3.05, 3.63) is 39.8 Å². The van der Waals surface area contributed by atoms with E-state index in [1.807, 2.05) is 0 Å². The van der Waals surface area contributed by atoms with Crippen LogP contribution in [0.2, 0.25) is 0 Å². The van der Waals surface area contributed by atoms with E-state index in [2.05, 4.69) is 10.2 Å². The molecule has 0 saturated heterocycles. The number of aromatic carboxylic acids is 1. The minimum Gasteiger partial charge on any atom is -0.507 e. The molecule has 0 fully saturated rings. The van der Waals surface area contributed by atoms with Crippen LogP contribution in [0.15, 0.2) is 18.2 Å². The van der Waals surface area contributed by atoms with Gasteiger partial charge in [-0.25, -0.2) is 4.79 Å². The fraction of sp³-hybridized carbons (Fsp3) is 0. The van der Waals surface area contributed by atoms with Crippen LogP contribution in [0.4, 0.5) is 10.1 Å². The molecule has 0 aliphatic carbocycles. The Labute approximate surface area is 104 Å². The summed E-state index contributed by atoms with van der Waals surface area (Å²) >= 11 is 0. The summed E-state index contributed by atoms with van der Waals surface area (Å²) in [6.45, 7) is 0. The van der Waals surface area contributed by atoms with Crippen LogP contribution in [0.5, 0.6) is 5.75 Å². The molecule has 98 valence electrons. The molecule has 0 saturated carbocycles. The van der Waals surface area contributed by atoms with Gasteiger partial charge in [0.15, 0.2) is 0 Å². The average molecular weight is 267 g/mol. The van der Waals surface area contributed by atoms with Crippen LogP contribution in [-0.2, 0) is 0 Å². The number of carboxylic acids is 1. The van der Waals surface area contributed by atoms with Crippen LogP contribution >= 0.6 is 0 Å². The first-order valence-electron chi connectivity index (χ1n) is 4.86. The monoisotopic (exact) mass is 267 g/mol. The third kappa shape index (κ3) is 2.20. The van der Waals surface area contributed by atoms with Crippen molar-refractivity contribution in [3.8, 4) is 17.0 Å². The molecule has 0 aliphatic heterocycles. The molecule has 8 nitrogen and oxygen atoms in total. The number of phenolic OH excluding ortho intramolecular Hbond substituents is 1. The number of aromatic hydroxyl groups is 1. The van der Waals surface area contributed by atoms with Crippen LogP contribution in [-0.4, -0.2) is 31.3 Å². The van der Waals surface area contributed by atoms with Gasteiger partial charge < -0.3 is 10.2 Å². The Morgan fingerprint density at radius 2 is 2.11 bits per heavy atom. The fourth-order valence-corrected chi connectivity index (χ4v) is 1.47. The number of phenols is 1. The summed E-state index contributed by atoms with van der Waals surface area (Å²) < 4.78 is 13.2. The van der Waals surface area contributed by atoms with E-state index in [0.29, 0.717) is 6.07 Å². The van der Waals surface area contributed by atoms with E-state index in [9.17, 15) is 24.4 Å². The van der Waals surface area contributed by atoms with Crippen molar-refractivity contribution in [1.29, 1.82) is 0 Å². The van der Waals surface area contributed by atoms with Gasteiger partial charge in [-0.05, 0) is 6.07 Å². The molecular formula is C10H6FN3O5. The number of rotatable bonds is 3. The lowest BCUT2D eigenvalue weighted by Crippen LogP contribution is -1.95. The molecule has 19 heavy (non-hydrogen) atoms. The number of hydrogen-bond acceptors (Lipinski definition) is 5. The number of carbonyl (C=O) groups is 1. The molecule has 0 spiro atoms. The molecule has 1 aromatic heterocycles. The second kappa shape index (κ2) is 4.37. The van der Waals surface area contributed by atoms with Crippen molar-refractivity contribution in [2.75, 3.05) is 0 Å². The van der Waals surface area contributed by atoms with Gasteiger partial charge in [0.2, 0.25) is 5.82 Å². The molecular weight excluding hydrogens is 261 g/mol. The van der Waals surface area contributed by atoms with Crippen LogP contribution < -0.4 is 0 Å². The number of aromatic nitrogens is 2. The molecule has 1 heterocycles. The first-order chi connectivity index (χ1) is 8.90. The number of nitrogens with zero attached hydrogens (tertiary/aromatic N) is 2. The molecule has 0 unspecified atom stereocenters. The summed E-state index contributed by atoms with van der Waals surface area (Å²) in [5, 5.41) is 34.6. The molecule has 0 atom stereocenters. The second-order valence-corrected chi connectivity index (χ2v) is 3.55. The van der Waals surface area contributed by atoms with Crippen molar-refractivity contribution in [1.82, 2.24) is 10.2 Å². The quantitative estimate of drug-likeness (QED) is 0.571. The van der Waals surface area contributed by atoms with Crippen molar-refractivity contribution < 1.29 is 24.3 Å². The maximum absolute atomic E-state index is 13.2. The maximum atomic E-state index is 13.2. The van der Waals surface area contributed by atoms with Gasteiger partial charge in [0.25, 0.3) is 0 Å². The Kier molecular flexibility index (Phi) is 2.87. The maximum Gasteiger partial charge on any atom is 0.353 e. The number of halogens is 1. The molecule has 0 radical (unpaired) electrons. The number of nitro benzene ring substituents is 1. The molecule has 2 aromatic rings. The standard InChI is InChI=1S/C10H6FN3O5/c11-5-2-9(15)4(1-8(5)14(18)19)6-3-7(10(16)17)13-12-6/h1-3,15H,(H,12,13)(H,16,17). The molecule has 3 N–H and O–H groups in total. The Hall–Kier alpha value is -2.97. The van der Waals surface area contributed by atoms with Crippen LogP contribution in [0.1, 0.15) is 10.5 Å². The summed E-state index contributed by atoms with van der Waals surface area (Å²) in [5.41, 5.74) is -1.29. The van der Waals surface area contributed by atoms with Crippen LogP contribution in [0.25, 0.3) is 11.3 Å². The van der Waals surface area contributed by atoms with E-state index in [1.165, 1.54) is 0 Å². The molecule has 0 amide bonds. The highest BCUT2D eigenvalue weighted by atomic mass is 19.1. The molecule has 0 aliphatic rings. The Morgan fingerprint density at radius 1 is 1.42 bits per heavy atom. The first kappa shape index (κ1) is 12.5. The molecule has 0 bridgehead atoms. The van der Waals surface area contributed by atoms with E-state index in [0.717, 1.165) is 12.1 Å². The predicted molar refractivity (Wildman–Crippen MR) is 59.3 cm³/mol. The topological polar surface area (TPSA) is 129 Å². The van der Waals surface area contributed by atoms with E-state index in [-0.39, 0.29) is 17.0 Å². The second-order valence-electron chi connectivity index (χ2n) is 3.55. The van der Waals surface area contributed by atoms with Gasteiger partial charge >= 0.3 is 11.7 Å². The molecule has 2 rings (SSSR count). The van der Waals surface area contributed by atoms with Crippen molar-refractivity contribution in [3.63, 3.8) is 0 Å². The normalized spacial score (nSPS) is 10.4. The number of aromatic amines is 1. The smallest absolute Gasteiger partial charge is 0.353 e. The van der Waals surface area contributed by atoms with Gasteiger partial charge in [-0.1, -0.05) is 0 Å². The lowest BCUT2D eigenvalue weighted by Gasteiger charge is -2.01. The predicted octanol–water partition coefficient (Wildman–Crippen LogP) is 1.53. The van der Waals surface area contributed by atoms with Gasteiger partial charge in [0.05, 0.1) is 16.2 Å². The Bertz CT molecular complexity index is 682. The number of nitro groups is 1. The zero-order chi connectivity index (χ0) is 14.2. The zero-order valence-corrected chi connectivity index (χ0v) is 9.12. The third-order valence-electron chi connectivity index (χ3n) is 2.35. The van der Waals surface area contributed by atoms with Crippen molar-refractivity contribution >= 4 is 11.7 Å². The van der Waals surface area contributed by atoms with Gasteiger partial charge in [-0.3, -0.25) is 15.2 Å². The Balaban J connectivity index is 2.57. The number of H-pyrrole nitrogens is 1. The summed E-state index contributed by atoms with van der Waals surface area (Å²) in [6, 6.07) is 2.42. The SMILES string of the molecule is O=C(O)c1cc(-c2cc([N+](=O)[O-])c(F)cc2O)n[nH]1. The number of nitrogens with one attached hydrogen (secondary N) is 1. The minimum absolute atomic E-state index is 0.0435. The van der Waals surface area contributed by atoms with E-state index in [4.69, 9.17) is 5.11 Å². The molecule has 9 heteroatoms. The van der Waals surface area contributed by atoms with Gasteiger partial charge in [-0.2, -0.15) is 9.49 Å². The first-order valence-corrected chi connectivity index (χ1v) is 4.86. The average Bonchev–Trinajstić information content (AvgIpc) is 2.77. The lowest BCUT2D eigenvalue weighted by molar-refractivity contribution is -0.387. The van der Waals surface area contributed by atoms with Crippen LogP contribution in [0, 0.1) is 15.9 Å². The Morgan fingerprint density at radius 3 is 2.63 bits per heavy atom. The summed E-state index contributed by atoms with van der Waals surface area (Å²) in [7, 11) is 0. The highest BCUT2D eigenvalue weighted by Gasteiger charge is 2.21. The van der Waals surface area contributed by atoms with Crippen molar-refractivity contribution in [2.24, 2.45) is 0 Å². The number of benzene rings is 1. The van der Waals surface area contributed by atoms with Gasteiger partial charge in [0.1, 0.15) is 11.4 Å². The van der Waals surface area contributed by atoms with Crippen molar-refractivity contribution in [2.45, 2.75) is 0 Å². The highest BCUT2D eigenvalue weighted by Crippen LogP contribution is 2.33. The van der Waals surface area contributed by atoms with Crippen LogP contribution in [0.3, 0.4) is 0 Å². The number of hydrogen-bond donors (Lipinski definition) is 3. The van der Waals surface area contributed by atoms with E-state index in [1.54, 1.807) is 0 Å². The zero-order valence-electron chi connectivity index (χ0n) is 9.12.